The van der Waals surface area contributed by atoms with Crippen LogP contribution in [0.15, 0.2) is 54.6 Å². The Morgan fingerprint density at radius 2 is 1.56 bits per heavy atom. The quantitative estimate of drug-likeness (QED) is 0.577. The molecule has 142 valence electrons. The Labute approximate surface area is 159 Å². The number of anilines is 1. The summed E-state index contributed by atoms with van der Waals surface area (Å²) in [7, 11) is 0. The van der Waals surface area contributed by atoms with Gasteiger partial charge in [0.05, 0.1) is 19.3 Å². The molecule has 1 aliphatic heterocycles. The van der Waals surface area contributed by atoms with Crippen LogP contribution in [0, 0.1) is 5.92 Å². The number of benzene rings is 2. The predicted molar refractivity (Wildman–Crippen MR) is 103 cm³/mol. The molecule has 0 spiro atoms. The molecule has 0 bridgehead atoms. The number of hydrogen-bond donors (Lipinski definition) is 0. The van der Waals surface area contributed by atoms with Crippen LogP contribution in [0.25, 0.3) is 0 Å². The highest BCUT2D eigenvalue weighted by Gasteiger charge is 2.44. The summed E-state index contributed by atoms with van der Waals surface area (Å²) in [5.74, 6) is -2.12. The fraction of sp³-hybridized carbons (Fsp3) is 0.364. The van der Waals surface area contributed by atoms with E-state index in [-0.39, 0.29) is 13.2 Å². The fourth-order valence-corrected chi connectivity index (χ4v) is 3.69. The smallest absolute Gasteiger partial charge is 0.322 e. The molecule has 0 amide bonds. The topological polar surface area (TPSA) is 55.8 Å². The first-order valence-electron chi connectivity index (χ1n) is 9.40. The molecule has 0 radical (unpaired) electrons. The van der Waals surface area contributed by atoms with E-state index in [1.807, 2.05) is 48.5 Å². The minimum Gasteiger partial charge on any atom is -0.465 e. The van der Waals surface area contributed by atoms with Gasteiger partial charge in [0.1, 0.15) is 0 Å². The number of carbonyl (C=O) groups excluding carboxylic acids is 2. The Kier molecular flexibility index (Phi) is 6.12. The first-order valence-corrected chi connectivity index (χ1v) is 9.40. The summed E-state index contributed by atoms with van der Waals surface area (Å²) < 4.78 is 10.5. The van der Waals surface area contributed by atoms with Crippen molar-refractivity contribution < 1.29 is 19.1 Å². The molecule has 0 saturated carbocycles. The van der Waals surface area contributed by atoms with E-state index in [9.17, 15) is 9.59 Å². The van der Waals surface area contributed by atoms with Crippen molar-refractivity contribution in [3.05, 3.63) is 65.7 Å². The fourth-order valence-electron chi connectivity index (χ4n) is 3.69. The van der Waals surface area contributed by atoms with Crippen LogP contribution < -0.4 is 4.90 Å². The average molecular weight is 367 g/mol. The molecule has 3 rings (SSSR count). The van der Waals surface area contributed by atoms with Crippen LogP contribution in [-0.4, -0.2) is 31.7 Å². The van der Waals surface area contributed by atoms with E-state index < -0.39 is 23.9 Å². The number of carbonyl (C=O) groups is 2. The van der Waals surface area contributed by atoms with Crippen molar-refractivity contribution in [1.82, 2.24) is 0 Å². The van der Waals surface area contributed by atoms with Crippen molar-refractivity contribution in [1.29, 1.82) is 0 Å². The van der Waals surface area contributed by atoms with Gasteiger partial charge in [0.15, 0.2) is 5.92 Å². The molecular weight excluding hydrogens is 342 g/mol. The van der Waals surface area contributed by atoms with Crippen LogP contribution in [0.5, 0.6) is 0 Å². The molecule has 1 aliphatic rings. The molecule has 0 unspecified atom stereocenters. The zero-order valence-electron chi connectivity index (χ0n) is 15.8. The van der Waals surface area contributed by atoms with E-state index in [1.165, 1.54) is 0 Å². The molecule has 5 heteroatoms. The van der Waals surface area contributed by atoms with Gasteiger partial charge in [-0.2, -0.15) is 0 Å². The van der Waals surface area contributed by atoms with E-state index >= 15 is 0 Å². The molecule has 2 aromatic carbocycles. The van der Waals surface area contributed by atoms with Gasteiger partial charge >= 0.3 is 11.9 Å². The van der Waals surface area contributed by atoms with Gasteiger partial charge in [-0.25, -0.2) is 0 Å². The third-order valence-corrected chi connectivity index (χ3v) is 4.82. The second-order valence-electron chi connectivity index (χ2n) is 6.40. The summed E-state index contributed by atoms with van der Waals surface area (Å²) >= 11 is 0. The van der Waals surface area contributed by atoms with E-state index in [4.69, 9.17) is 9.47 Å². The van der Waals surface area contributed by atoms with Crippen LogP contribution >= 0.6 is 0 Å². The van der Waals surface area contributed by atoms with Crippen molar-refractivity contribution in [2.24, 2.45) is 5.92 Å². The van der Waals surface area contributed by atoms with Gasteiger partial charge in [-0.3, -0.25) is 9.59 Å². The Hall–Kier alpha value is -2.82. The van der Waals surface area contributed by atoms with E-state index in [0.717, 1.165) is 23.2 Å². The zero-order chi connectivity index (χ0) is 19.2. The number of ether oxygens (including phenoxy) is 2. The van der Waals surface area contributed by atoms with Crippen molar-refractivity contribution >= 4 is 17.6 Å². The summed E-state index contributed by atoms with van der Waals surface area (Å²) in [6.07, 6.45) is 0.847. The van der Waals surface area contributed by atoms with Gasteiger partial charge < -0.3 is 14.4 Å². The van der Waals surface area contributed by atoms with Gasteiger partial charge in [0, 0.05) is 12.2 Å². The molecule has 0 aromatic heterocycles. The lowest BCUT2D eigenvalue weighted by Gasteiger charge is -2.41. The number of esters is 2. The first-order chi connectivity index (χ1) is 13.2. The normalized spacial score (nSPS) is 16.0. The van der Waals surface area contributed by atoms with Gasteiger partial charge in [-0.05, 0) is 43.5 Å². The summed E-state index contributed by atoms with van der Waals surface area (Å²) in [4.78, 5) is 27.7. The van der Waals surface area contributed by atoms with Crippen molar-refractivity contribution in [3.63, 3.8) is 0 Å². The molecule has 1 atom stereocenters. The highest BCUT2D eigenvalue weighted by Crippen LogP contribution is 2.39. The van der Waals surface area contributed by atoms with Crippen LogP contribution in [0.3, 0.4) is 0 Å². The molecule has 0 fully saturated rings. The SMILES string of the molecule is CCOC(=O)C(C(=O)OCC)[C@H]1c2ccccc2CCN1c1ccccc1. The molecular formula is C22H25NO4. The highest BCUT2D eigenvalue weighted by molar-refractivity contribution is 5.96. The lowest BCUT2D eigenvalue weighted by molar-refractivity contribution is -0.162. The Morgan fingerprint density at radius 1 is 0.963 bits per heavy atom. The molecule has 1 heterocycles. The van der Waals surface area contributed by atoms with Crippen molar-refractivity contribution in [2.45, 2.75) is 26.3 Å². The minimum absolute atomic E-state index is 0.217. The van der Waals surface area contributed by atoms with Crippen molar-refractivity contribution in [2.75, 3.05) is 24.7 Å². The highest BCUT2D eigenvalue weighted by atomic mass is 16.6. The Morgan fingerprint density at radius 3 is 2.19 bits per heavy atom. The minimum atomic E-state index is -1.04. The number of rotatable bonds is 6. The van der Waals surface area contributed by atoms with Crippen LogP contribution in [-0.2, 0) is 25.5 Å². The Bertz CT molecular complexity index is 772. The molecule has 0 N–H and O–H groups in total. The number of hydrogen-bond acceptors (Lipinski definition) is 5. The lowest BCUT2D eigenvalue weighted by atomic mass is 9.84. The van der Waals surface area contributed by atoms with E-state index in [1.54, 1.807) is 13.8 Å². The molecule has 0 aliphatic carbocycles. The largest absolute Gasteiger partial charge is 0.465 e. The van der Waals surface area contributed by atoms with E-state index in [2.05, 4.69) is 11.0 Å². The summed E-state index contributed by atoms with van der Waals surface area (Å²) in [5, 5.41) is 0. The van der Waals surface area contributed by atoms with E-state index in [0.29, 0.717) is 6.54 Å². The van der Waals surface area contributed by atoms with Gasteiger partial charge in [0.2, 0.25) is 0 Å². The maximum absolute atomic E-state index is 12.8. The molecule has 27 heavy (non-hydrogen) atoms. The predicted octanol–water partition coefficient (Wildman–Crippen LogP) is 3.53. The molecule has 2 aromatic rings. The molecule has 0 saturated heterocycles. The number of nitrogens with zero attached hydrogens (tertiary/aromatic N) is 1. The third-order valence-electron chi connectivity index (χ3n) is 4.82. The maximum atomic E-state index is 12.8. The average Bonchev–Trinajstić information content (AvgIpc) is 2.69. The maximum Gasteiger partial charge on any atom is 0.322 e. The van der Waals surface area contributed by atoms with Crippen LogP contribution in [0.2, 0.25) is 0 Å². The van der Waals surface area contributed by atoms with Gasteiger partial charge in [-0.15, -0.1) is 0 Å². The Balaban J connectivity index is 2.10. The first kappa shape index (κ1) is 19.0. The number of fused-ring (bicyclic) bond motifs is 1. The summed E-state index contributed by atoms with van der Waals surface area (Å²) in [6.45, 7) is 4.62. The van der Waals surface area contributed by atoms with Gasteiger partial charge in [-0.1, -0.05) is 42.5 Å². The lowest BCUT2D eigenvalue weighted by Crippen LogP contribution is -2.46. The standard InChI is InChI=1S/C22H25NO4/c1-3-26-21(24)19(22(25)27-4-2)20-18-13-9-8-10-16(18)14-15-23(20)17-11-6-5-7-12-17/h5-13,19-20H,3-4,14-15H2,1-2H3/t20-/m1/s1. The monoisotopic (exact) mass is 367 g/mol. The summed E-state index contributed by atoms with van der Waals surface area (Å²) in [5.41, 5.74) is 3.09. The van der Waals surface area contributed by atoms with Gasteiger partial charge in [0.25, 0.3) is 0 Å². The second kappa shape index (κ2) is 8.71. The number of para-hydroxylation sites is 1. The molecule has 5 nitrogen and oxygen atoms in total. The van der Waals surface area contributed by atoms with Crippen molar-refractivity contribution in [3.8, 4) is 0 Å². The van der Waals surface area contributed by atoms with Crippen LogP contribution in [0.4, 0.5) is 5.69 Å². The summed E-state index contributed by atoms with van der Waals surface area (Å²) in [6, 6.07) is 17.3. The second-order valence-corrected chi connectivity index (χ2v) is 6.40. The third kappa shape index (κ3) is 3.97. The zero-order valence-corrected chi connectivity index (χ0v) is 15.8. The van der Waals surface area contributed by atoms with Crippen LogP contribution in [0.1, 0.15) is 31.0 Å².